The van der Waals surface area contributed by atoms with Gasteiger partial charge in [-0.25, -0.2) is 9.37 Å². The summed E-state index contributed by atoms with van der Waals surface area (Å²) >= 11 is 0. The number of pyridine rings is 1. The van der Waals surface area contributed by atoms with Crippen LogP contribution in [0.4, 0.5) is 15.9 Å². The standard InChI is InChI=1S/C41H44FN5O7/c1-25-18-44-36(17-37(25)48)29-13-30(22-47(21-29)20-26-7-9-51-10-8-26)41(49)46-31-4-5-33(35(42)16-31)34-14-28(19-45-40(34)43)27-3-6-38(39(15-27)50-2)54-24-32-23-52-11-12-53-32/h3-6,14-16,18-19,21-22,26,32H,7-13,17,20,23-24H2,1-2H3,(H2,43,45)(H,46,49)/t32-/m1/s1. The number of rotatable bonds is 11. The molecule has 2 saturated heterocycles. The predicted molar refractivity (Wildman–Crippen MR) is 203 cm³/mol. The Morgan fingerprint density at radius 2 is 1.85 bits per heavy atom. The lowest BCUT2D eigenvalue weighted by molar-refractivity contribution is -0.114. The molecule has 1 atom stereocenters. The van der Waals surface area contributed by atoms with Crippen LogP contribution < -0.4 is 20.5 Å². The van der Waals surface area contributed by atoms with E-state index in [0.29, 0.717) is 91.6 Å². The van der Waals surface area contributed by atoms with Crippen molar-refractivity contribution < 1.29 is 37.7 Å². The molecule has 12 nitrogen and oxygen atoms in total. The van der Waals surface area contributed by atoms with E-state index >= 15 is 4.39 Å². The van der Waals surface area contributed by atoms with Gasteiger partial charge in [-0.05, 0) is 73.2 Å². The Kier molecular flexibility index (Phi) is 11.5. The summed E-state index contributed by atoms with van der Waals surface area (Å²) in [7, 11) is 1.56. The van der Waals surface area contributed by atoms with E-state index in [4.69, 9.17) is 29.4 Å². The number of aliphatic imine (C=N–C) groups is 1. The number of hydrogen-bond acceptors (Lipinski definition) is 11. The van der Waals surface area contributed by atoms with Crippen LogP contribution in [0.25, 0.3) is 22.3 Å². The molecule has 1 aromatic heterocycles. The van der Waals surface area contributed by atoms with Crippen LogP contribution in [0.15, 0.2) is 89.0 Å². The SMILES string of the molecule is COc1cc(-c2cnc(N)c(-c3ccc(NC(=O)C4=CN(CC5CCOCC5)C=C(C5=NC=C(C)C(=O)C5)C4)cc3F)c2)ccc1OC[C@H]1COCCO1. The normalized spacial score (nSPS) is 19.4. The van der Waals surface area contributed by atoms with Crippen LogP contribution in [0.5, 0.6) is 11.5 Å². The zero-order chi connectivity index (χ0) is 37.6. The number of halogens is 1. The number of anilines is 2. The molecule has 4 aliphatic heterocycles. The van der Waals surface area contributed by atoms with Crippen molar-refractivity contribution in [2.75, 3.05) is 64.3 Å². The van der Waals surface area contributed by atoms with Crippen LogP contribution in [0.1, 0.15) is 32.6 Å². The van der Waals surface area contributed by atoms with E-state index in [1.165, 1.54) is 6.07 Å². The highest BCUT2D eigenvalue weighted by Crippen LogP contribution is 2.37. The first-order chi connectivity index (χ1) is 26.2. The Hall–Kier alpha value is -5.37. The summed E-state index contributed by atoms with van der Waals surface area (Å²) < 4.78 is 44.1. The molecule has 7 rings (SSSR count). The number of aromatic nitrogens is 1. The number of amides is 1. The highest BCUT2D eigenvalue weighted by Gasteiger charge is 2.26. The monoisotopic (exact) mass is 737 g/mol. The van der Waals surface area contributed by atoms with Crippen LogP contribution in [-0.4, -0.2) is 86.7 Å². The lowest BCUT2D eigenvalue weighted by atomic mass is 9.92. The molecule has 5 heterocycles. The van der Waals surface area contributed by atoms with Gasteiger partial charge in [0.05, 0.1) is 39.1 Å². The minimum Gasteiger partial charge on any atom is -0.493 e. The number of benzene rings is 2. The smallest absolute Gasteiger partial charge is 0.253 e. The molecule has 3 N–H and O–H groups in total. The molecule has 2 fully saturated rings. The van der Waals surface area contributed by atoms with Crippen LogP contribution in [-0.2, 0) is 23.8 Å². The number of Topliss-reactive ketones (excluding diaryl/α,β-unsaturated/α-hetero) is 1. The lowest BCUT2D eigenvalue weighted by Gasteiger charge is -2.31. The topological polar surface area (TPSA) is 147 Å². The van der Waals surface area contributed by atoms with Gasteiger partial charge in [-0.1, -0.05) is 6.07 Å². The Morgan fingerprint density at radius 1 is 1.00 bits per heavy atom. The first-order valence-electron chi connectivity index (χ1n) is 18.1. The molecular formula is C41H44FN5O7. The third kappa shape index (κ3) is 8.70. The van der Waals surface area contributed by atoms with Gasteiger partial charge in [-0.2, -0.15) is 0 Å². The lowest BCUT2D eigenvalue weighted by Crippen LogP contribution is -2.33. The number of nitrogens with two attached hydrogens (primary N) is 1. The van der Waals surface area contributed by atoms with Gasteiger partial charge in [0.2, 0.25) is 0 Å². The zero-order valence-corrected chi connectivity index (χ0v) is 30.4. The van der Waals surface area contributed by atoms with Crippen molar-refractivity contribution >= 4 is 28.9 Å². The van der Waals surface area contributed by atoms with Crippen molar-refractivity contribution in [3.63, 3.8) is 0 Å². The molecule has 0 spiro atoms. The van der Waals surface area contributed by atoms with Gasteiger partial charge in [-0.15, -0.1) is 0 Å². The number of allylic oxidation sites excluding steroid dienone is 2. The maximum atomic E-state index is 15.9. The van der Waals surface area contributed by atoms with Crippen molar-refractivity contribution in [2.24, 2.45) is 10.9 Å². The van der Waals surface area contributed by atoms with Gasteiger partial charge in [0, 0.05) is 84.5 Å². The van der Waals surface area contributed by atoms with E-state index in [9.17, 15) is 9.59 Å². The number of ether oxygens (including phenoxy) is 5. The molecule has 54 heavy (non-hydrogen) atoms. The second-order valence-corrected chi connectivity index (χ2v) is 13.8. The summed E-state index contributed by atoms with van der Waals surface area (Å²) in [4.78, 5) is 37.1. The molecule has 0 saturated carbocycles. The number of hydrogen-bond donors (Lipinski definition) is 2. The summed E-state index contributed by atoms with van der Waals surface area (Å²) in [6, 6.07) is 11.7. The highest BCUT2D eigenvalue weighted by atomic mass is 19.1. The molecule has 3 aromatic rings. The number of carbonyl (C=O) groups excluding carboxylic acids is 2. The van der Waals surface area contributed by atoms with E-state index in [2.05, 4.69) is 15.3 Å². The van der Waals surface area contributed by atoms with Gasteiger partial charge in [0.25, 0.3) is 5.91 Å². The van der Waals surface area contributed by atoms with Crippen LogP contribution in [0.2, 0.25) is 0 Å². The summed E-state index contributed by atoms with van der Waals surface area (Å²) in [6.07, 6.45) is 9.16. The average molecular weight is 738 g/mol. The first-order valence-corrected chi connectivity index (χ1v) is 18.1. The van der Waals surface area contributed by atoms with Gasteiger partial charge in [-0.3, -0.25) is 14.6 Å². The fraction of sp³-hybridized carbons (Fsp3) is 0.366. The zero-order valence-electron chi connectivity index (χ0n) is 30.4. The van der Waals surface area contributed by atoms with E-state index in [-0.39, 0.29) is 47.7 Å². The predicted octanol–water partition coefficient (Wildman–Crippen LogP) is 6.10. The molecule has 0 bridgehead atoms. The summed E-state index contributed by atoms with van der Waals surface area (Å²) in [5, 5.41) is 2.87. The Morgan fingerprint density at radius 3 is 2.61 bits per heavy atom. The number of methoxy groups -OCH3 is 1. The third-order valence-corrected chi connectivity index (χ3v) is 9.92. The molecule has 0 radical (unpaired) electrons. The second kappa shape index (κ2) is 16.8. The molecular weight excluding hydrogens is 693 g/mol. The van der Waals surface area contributed by atoms with E-state index < -0.39 is 5.82 Å². The quantitative estimate of drug-likeness (QED) is 0.237. The van der Waals surface area contributed by atoms with Gasteiger partial charge < -0.3 is 39.6 Å². The molecule has 0 aliphatic carbocycles. The van der Waals surface area contributed by atoms with Gasteiger partial charge in [0.15, 0.2) is 17.3 Å². The van der Waals surface area contributed by atoms with Gasteiger partial charge in [0.1, 0.15) is 24.3 Å². The number of ketones is 1. The van der Waals surface area contributed by atoms with E-state index in [1.807, 2.05) is 29.4 Å². The number of nitrogens with one attached hydrogen (secondary N) is 1. The Labute approximate surface area is 313 Å². The average Bonchev–Trinajstić information content (AvgIpc) is 3.19. The summed E-state index contributed by atoms with van der Waals surface area (Å²) in [6.45, 7) is 5.75. The third-order valence-electron chi connectivity index (χ3n) is 9.92. The molecule has 0 unspecified atom stereocenters. The minimum absolute atomic E-state index is 0.00817. The van der Waals surface area contributed by atoms with Crippen LogP contribution >= 0.6 is 0 Å². The van der Waals surface area contributed by atoms with E-state index in [0.717, 1.165) is 24.0 Å². The van der Waals surface area contributed by atoms with Crippen molar-refractivity contribution in [1.29, 1.82) is 0 Å². The molecule has 4 aliphatic rings. The van der Waals surface area contributed by atoms with Crippen LogP contribution in [0.3, 0.4) is 0 Å². The summed E-state index contributed by atoms with van der Waals surface area (Å²) in [5.41, 5.74) is 11.2. The maximum absolute atomic E-state index is 15.9. The minimum atomic E-state index is -0.578. The number of nitrogen functional groups attached to an aromatic ring is 1. The highest BCUT2D eigenvalue weighted by molar-refractivity contribution is 6.18. The van der Waals surface area contributed by atoms with Crippen molar-refractivity contribution in [3.05, 3.63) is 89.8 Å². The second-order valence-electron chi connectivity index (χ2n) is 13.8. The first kappa shape index (κ1) is 37.0. The van der Waals surface area contributed by atoms with Crippen molar-refractivity contribution in [1.82, 2.24) is 9.88 Å². The Bertz CT molecular complexity index is 2030. The van der Waals surface area contributed by atoms with Crippen LogP contribution in [0, 0.1) is 11.7 Å². The van der Waals surface area contributed by atoms with E-state index in [1.54, 1.807) is 50.7 Å². The summed E-state index contributed by atoms with van der Waals surface area (Å²) in [5.74, 6) is 0.676. The van der Waals surface area contributed by atoms with Crippen molar-refractivity contribution in [2.45, 2.75) is 38.7 Å². The number of carbonyl (C=O) groups is 2. The molecule has 282 valence electrons. The largest absolute Gasteiger partial charge is 0.493 e. The van der Waals surface area contributed by atoms with Crippen molar-refractivity contribution in [3.8, 4) is 33.8 Å². The Balaban J connectivity index is 1.07. The fourth-order valence-corrected chi connectivity index (χ4v) is 6.82. The number of nitrogens with zero attached hydrogens (tertiary/aromatic N) is 3. The molecule has 1 amide bonds. The molecule has 13 heteroatoms. The van der Waals surface area contributed by atoms with Gasteiger partial charge >= 0.3 is 0 Å². The maximum Gasteiger partial charge on any atom is 0.253 e. The fourth-order valence-electron chi connectivity index (χ4n) is 6.82. The molecule has 2 aromatic carbocycles.